The number of nitrogens with zero attached hydrogens (tertiary/aromatic N) is 2. The van der Waals surface area contributed by atoms with E-state index in [1.807, 2.05) is 36.4 Å². The van der Waals surface area contributed by atoms with Crippen molar-refractivity contribution >= 4 is 17.5 Å². The summed E-state index contributed by atoms with van der Waals surface area (Å²) >= 11 is 0. The molecule has 2 heterocycles. The number of amides is 1. The van der Waals surface area contributed by atoms with E-state index in [0.29, 0.717) is 24.5 Å². The number of cyclic esters (lactones) is 1. The zero-order valence-corrected chi connectivity index (χ0v) is 22.0. The molecule has 10 nitrogen and oxygen atoms in total. The SMILES string of the molecule is O=C1O[C@H](CN(Cc2ccccc2)Cc2ccccc2)CN1c1ccc(N[C@H]2OC(CO)[C@@H](O)C(O)[C@@H]2O)cc1. The number of benzene rings is 3. The van der Waals surface area contributed by atoms with Crippen molar-refractivity contribution in [3.63, 3.8) is 0 Å². The first-order valence-electron chi connectivity index (χ1n) is 13.4. The van der Waals surface area contributed by atoms with Gasteiger partial charge < -0.3 is 35.2 Å². The summed E-state index contributed by atoms with van der Waals surface area (Å²) in [4.78, 5) is 16.7. The van der Waals surface area contributed by atoms with Crippen LogP contribution in [0.5, 0.6) is 0 Å². The lowest BCUT2D eigenvalue weighted by molar-refractivity contribution is -0.221. The first-order chi connectivity index (χ1) is 19.4. The van der Waals surface area contributed by atoms with Crippen molar-refractivity contribution in [1.29, 1.82) is 0 Å². The Morgan fingerprint density at radius 3 is 2.00 bits per heavy atom. The number of aliphatic hydroxyl groups is 4. The third-order valence-corrected chi connectivity index (χ3v) is 7.21. The van der Waals surface area contributed by atoms with Gasteiger partial charge in [0.15, 0.2) is 6.23 Å². The van der Waals surface area contributed by atoms with Gasteiger partial charge in [0, 0.05) is 31.0 Å². The maximum atomic E-state index is 12.8. The molecule has 0 aliphatic carbocycles. The summed E-state index contributed by atoms with van der Waals surface area (Å²) in [7, 11) is 0. The Morgan fingerprint density at radius 2 is 1.43 bits per heavy atom. The van der Waals surface area contributed by atoms with Gasteiger partial charge in [-0.25, -0.2) is 4.79 Å². The molecular weight excluding hydrogens is 514 g/mol. The van der Waals surface area contributed by atoms with Crippen molar-refractivity contribution in [2.75, 3.05) is 29.9 Å². The molecule has 40 heavy (non-hydrogen) atoms. The third kappa shape index (κ3) is 6.61. The predicted octanol–water partition coefficient (Wildman–Crippen LogP) is 1.93. The van der Waals surface area contributed by atoms with Crippen LogP contribution < -0.4 is 10.2 Å². The number of hydrogen-bond donors (Lipinski definition) is 5. The highest BCUT2D eigenvalue weighted by molar-refractivity contribution is 5.90. The summed E-state index contributed by atoms with van der Waals surface area (Å²) in [5.41, 5.74) is 3.59. The minimum absolute atomic E-state index is 0.313. The maximum Gasteiger partial charge on any atom is 0.414 e. The van der Waals surface area contributed by atoms with E-state index in [1.165, 1.54) is 11.1 Å². The van der Waals surface area contributed by atoms with Gasteiger partial charge in [0.05, 0.1) is 13.2 Å². The van der Waals surface area contributed by atoms with Crippen LogP contribution in [-0.2, 0) is 22.6 Å². The number of nitrogens with one attached hydrogen (secondary N) is 1. The molecule has 2 aliphatic rings. The lowest BCUT2D eigenvalue weighted by atomic mass is 9.98. The molecule has 5 rings (SSSR count). The van der Waals surface area contributed by atoms with Gasteiger partial charge in [-0.05, 0) is 35.4 Å². The van der Waals surface area contributed by atoms with E-state index in [-0.39, 0.29) is 6.10 Å². The second-order valence-electron chi connectivity index (χ2n) is 10.2. The van der Waals surface area contributed by atoms with Crippen LogP contribution in [0.25, 0.3) is 0 Å². The molecule has 2 aliphatic heterocycles. The summed E-state index contributed by atoms with van der Waals surface area (Å²) in [6.07, 6.45) is -7.07. The smallest absolute Gasteiger partial charge is 0.414 e. The van der Waals surface area contributed by atoms with Gasteiger partial charge in [0.1, 0.15) is 30.5 Å². The molecule has 0 spiro atoms. The minimum atomic E-state index is -1.47. The van der Waals surface area contributed by atoms with Gasteiger partial charge in [0.2, 0.25) is 0 Å². The summed E-state index contributed by atoms with van der Waals surface area (Å²) in [6.45, 7) is 1.92. The third-order valence-electron chi connectivity index (χ3n) is 7.21. The second-order valence-corrected chi connectivity index (χ2v) is 10.2. The summed E-state index contributed by atoms with van der Waals surface area (Å²) in [5, 5.41) is 42.6. The van der Waals surface area contributed by atoms with Gasteiger partial charge in [0.25, 0.3) is 0 Å². The zero-order valence-electron chi connectivity index (χ0n) is 22.0. The van der Waals surface area contributed by atoms with Gasteiger partial charge in [-0.3, -0.25) is 9.80 Å². The molecule has 2 fully saturated rings. The summed E-state index contributed by atoms with van der Waals surface area (Å²) < 4.78 is 11.3. The largest absolute Gasteiger partial charge is 0.443 e. The Morgan fingerprint density at radius 1 is 0.825 bits per heavy atom. The normalized spacial score (nSPS) is 26.6. The summed E-state index contributed by atoms with van der Waals surface area (Å²) in [5.74, 6) is 0. The van der Waals surface area contributed by atoms with E-state index in [4.69, 9.17) is 9.47 Å². The van der Waals surface area contributed by atoms with Crippen LogP contribution >= 0.6 is 0 Å². The first-order valence-corrected chi connectivity index (χ1v) is 13.4. The molecular formula is C30H35N3O7. The van der Waals surface area contributed by atoms with E-state index < -0.39 is 43.3 Å². The lowest BCUT2D eigenvalue weighted by Gasteiger charge is -2.40. The van der Waals surface area contributed by atoms with Crippen molar-refractivity contribution in [3.05, 3.63) is 96.1 Å². The molecule has 0 radical (unpaired) electrons. The van der Waals surface area contributed by atoms with Crippen LogP contribution in [0.1, 0.15) is 11.1 Å². The molecule has 212 valence electrons. The van der Waals surface area contributed by atoms with Crippen molar-refractivity contribution in [3.8, 4) is 0 Å². The van der Waals surface area contributed by atoms with Crippen LogP contribution in [0.15, 0.2) is 84.9 Å². The predicted molar refractivity (Wildman–Crippen MR) is 148 cm³/mol. The van der Waals surface area contributed by atoms with Crippen molar-refractivity contribution in [1.82, 2.24) is 4.90 Å². The number of carbonyl (C=O) groups excluding carboxylic acids is 1. The number of hydrogen-bond acceptors (Lipinski definition) is 9. The Kier molecular flexibility index (Phi) is 8.95. The van der Waals surface area contributed by atoms with Crippen LogP contribution in [0, 0.1) is 0 Å². The second kappa shape index (κ2) is 12.8. The van der Waals surface area contributed by atoms with Crippen LogP contribution in [-0.4, -0.2) is 87.9 Å². The van der Waals surface area contributed by atoms with Crippen LogP contribution in [0.4, 0.5) is 16.2 Å². The lowest BCUT2D eigenvalue weighted by Crippen LogP contribution is -2.60. The molecule has 6 atom stereocenters. The Labute approximate surface area is 233 Å². The summed E-state index contributed by atoms with van der Waals surface area (Å²) in [6, 6.07) is 27.3. The minimum Gasteiger partial charge on any atom is -0.443 e. The fraction of sp³-hybridized carbons (Fsp3) is 0.367. The average molecular weight is 550 g/mol. The molecule has 0 aromatic heterocycles. The van der Waals surface area contributed by atoms with Crippen LogP contribution in [0.3, 0.4) is 0 Å². The quantitative estimate of drug-likeness (QED) is 0.257. The van der Waals surface area contributed by atoms with E-state index in [1.54, 1.807) is 29.2 Å². The van der Waals surface area contributed by atoms with Gasteiger partial charge in [-0.1, -0.05) is 60.7 Å². The van der Waals surface area contributed by atoms with Crippen molar-refractivity contribution < 1.29 is 34.7 Å². The van der Waals surface area contributed by atoms with E-state index in [2.05, 4.69) is 34.5 Å². The topological polar surface area (TPSA) is 135 Å². The number of aliphatic hydroxyl groups excluding tert-OH is 4. The van der Waals surface area contributed by atoms with Gasteiger partial charge in [-0.15, -0.1) is 0 Å². The Bertz CT molecular complexity index is 1190. The highest BCUT2D eigenvalue weighted by Crippen LogP contribution is 2.27. The number of anilines is 2. The highest BCUT2D eigenvalue weighted by Gasteiger charge is 2.43. The Balaban J connectivity index is 1.22. The fourth-order valence-electron chi connectivity index (χ4n) is 5.11. The van der Waals surface area contributed by atoms with Gasteiger partial charge in [-0.2, -0.15) is 0 Å². The molecule has 3 aromatic rings. The molecule has 10 heteroatoms. The molecule has 1 amide bonds. The molecule has 3 aromatic carbocycles. The zero-order chi connectivity index (χ0) is 28.1. The number of ether oxygens (including phenoxy) is 2. The molecule has 2 saturated heterocycles. The van der Waals surface area contributed by atoms with E-state index in [9.17, 15) is 25.2 Å². The highest BCUT2D eigenvalue weighted by atomic mass is 16.6. The average Bonchev–Trinajstić information content (AvgIpc) is 3.34. The van der Waals surface area contributed by atoms with Crippen molar-refractivity contribution in [2.24, 2.45) is 0 Å². The molecule has 2 unspecified atom stereocenters. The first kappa shape index (κ1) is 28.0. The van der Waals surface area contributed by atoms with Crippen molar-refractivity contribution in [2.45, 2.75) is 49.8 Å². The van der Waals surface area contributed by atoms with E-state index >= 15 is 0 Å². The molecule has 5 N–H and O–H groups in total. The standard InChI is InChI=1S/C30H35N3O7/c34-19-25-26(35)27(36)28(37)29(40-25)31-22-11-13-23(14-12-22)33-18-24(39-30(33)38)17-32(15-20-7-3-1-4-8-20)16-21-9-5-2-6-10-21/h1-14,24-29,31,34-37H,15-19H2/t24-,25?,26-,27?,28+,29+/m1/s1. The molecule has 0 saturated carbocycles. The number of rotatable bonds is 10. The fourth-order valence-corrected chi connectivity index (χ4v) is 5.11. The van der Waals surface area contributed by atoms with E-state index in [0.717, 1.165) is 13.1 Å². The van der Waals surface area contributed by atoms with Gasteiger partial charge >= 0.3 is 6.09 Å². The van der Waals surface area contributed by atoms with Crippen LogP contribution in [0.2, 0.25) is 0 Å². The monoisotopic (exact) mass is 549 g/mol. The number of carbonyl (C=O) groups is 1. The maximum absolute atomic E-state index is 12.8. The molecule has 0 bridgehead atoms. The Hall–Kier alpha value is -3.51.